The molecular weight excluding hydrogens is 199 g/mol. The van der Waals surface area contributed by atoms with Crippen molar-refractivity contribution in [2.24, 2.45) is 0 Å². The number of halogens is 2. The van der Waals surface area contributed by atoms with Crippen molar-refractivity contribution >= 4 is 29.2 Å². The van der Waals surface area contributed by atoms with Crippen LogP contribution in [-0.2, 0) is 0 Å². The Morgan fingerprint density at radius 2 is 2.08 bits per heavy atom. The summed E-state index contributed by atoms with van der Waals surface area (Å²) in [6, 6.07) is 0. The van der Waals surface area contributed by atoms with Crippen LogP contribution in [0.5, 0.6) is 0 Å². The Morgan fingerprint density at radius 1 is 1.42 bits per heavy atom. The Kier molecular flexibility index (Phi) is 3.76. The van der Waals surface area contributed by atoms with Gasteiger partial charge in [0, 0.05) is 6.54 Å². The maximum atomic E-state index is 5.38. The van der Waals surface area contributed by atoms with Gasteiger partial charge in [-0.05, 0) is 6.08 Å². The van der Waals surface area contributed by atoms with Gasteiger partial charge in [0.25, 0.3) is 0 Å². The van der Waals surface area contributed by atoms with E-state index < -0.39 is 0 Å². The molecule has 0 saturated heterocycles. The van der Waals surface area contributed by atoms with Gasteiger partial charge in [-0.25, -0.2) is 15.0 Å². The van der Waals surface area contributed by atoms with Crippen LogP contribution in [0.2, 0.25) is 0 Å². The second kappa shape index (κ2) is 4.90. The maximum absolute atomic E-state index is 5.38. The van der Waals surface area contributed by atoms with Gasteiger partial charge >= 0.3 is 0 Å². The zero-order chi connectivity index (χ0) is 8.81. The zero-order valence-corrected chi connectivity index (χ0v) is 7.55. The first-order valence-corrected chi connectivity index (χ1v) is 3.91. The fourth-order valence-corrected chi connectivity index (χ4v) is 0.704. The van der Waals surface area contributed by atoms with Crippen LogP contribution in [0.15, 0.2) is 23.2 Å². The van der Waals surface area contributed by atoms with Crippen LogP contribution in [0.1, 0.15) is 0 Å². The SMILES string of the molecule is ClC(Cl)=CCNc1ncncn1. The Hall–Kier alpha value is -0.870. The van der Waals surface area contributed by atoms with E-state index in [-0.39, 0.29) is 4.49 Å². The lowest BCUT2D eigenvalue weighted by atomic mass is 10.6. The van der Waals surface area contributed by atoms with Crippen LogP contribution in [0.4, 0.5) is 5.95 Å². The molecule has 1 rings (SSSR count). The van der Waals surface area contributed by atoms with E-state index in [4.69, 9.17) is 23.2 Å². The summed E-state index contributed by atoms with van der Waals surface area (Å²) in [7, 11) is 0. The molecule has 0 saturated carbocycles. The minimum atomic E-state index is 0.219. The summed E-state index contributed by atoms with van der Waals surface area (Å²) in [5, 5.41) is 2.87. The topological polar surface area (TPSA) is 50.7 Å². The summed E-state index contributed by atoms with van der Waals surface area (Å²) in [5.74, 6) is 0.496. The molecule has 1 aromatic rings. The van der Waals surface area contributed by atoms with Crippen molar-refractivity contribution in [2.75, 3.05) is 11.9 Å². The molecule has 0 fully saturated rings. The van der Waals surface area contributed by atoms with Crippen LogP contribution in [0, 0.1) is 0 Å². The first-order chi connectivity index (χ1) is 5.79. The van der Waals surface area contributed by atoms with Crippen molar-refractivity contribution in [1.29, 1.82) is 0 Å². The molecule has 6 heteroatoms. The molecule has 0 radical (unpaired) electrons. The first kappa shape index (κ1) is 9.22. The molecule has 0 bridgehead atoms. The van der Waals surface area contributed by atoms with E-state index in [0.29, 0.717) is 12.5 Å². The molecule has 1 heterocycles. The molecule has 0 aliphatic carbocycles. The van der Waals surface area contributed by atoms with E-state index >= 15 is 0 Å². The van der Waals surface area contributed by atoms with Gasteiger partial charge in [0.1, 0.15) is 17.1 Å². The second-order valence-corrected chi connectivity index (χ2v) is 2.84. The third kappa shape index (κ3) is 3.50. The summed E-state index contributed by atoms with van der Waals surface area (Å²) in [5.41, 5.74) is 0. The molecule has 12 heavy (non-hydrogen) atoms. The van der Waals surface area contributed by atoms with Crippen LogP contribution >= 0.6 is 23.2 Å². The van der Waals surface area contributed by atoms with Crippen molar-refractivity contribution in [1.82, 2.24) is 15.0 Å². The lowest BCUT2D eigenvalue weighted by molar-refractivity contribution is 1.03. The van der Waals surface area contributed by atoms with Gasteiger partial charge in [0.05, 0.1) is 0 Å². The van der Waals surface area contributed by atoms with Crippen LogP contribution in [0.3, 0.4) is 0 Å². The molecule has 1 N–H and O–H groups in total. The smallest absolute Gasteiger partial charge is 0.225 e. The van der Waals surface area contributed by atoms with Crippen molar-refractivity contribution in [3.05, 3.63) is 23.2 Å². The molecule has 0 aromatic carbocycles. The monoisotopic (exact) mass is 204 g/mol. The molecule has 0 aliphatic heterocycles. The molecule has 64 valence electrons. The predicted octanol–water partition coefficient (Wildman–Crippen LogP) is 1.60. The van der Waals surface area contributed by atoms with Gasteiger partial charge in [-0.3, -0.25) is 0 Å². The summed E-state index contributed by atoms with van der Waals surface area (Å²) < 4.78 is 0.219. The van der Waals surface area contributed by atoms with Crippen LogP contribution in [0.25, 0.3) is 0 Å². The number of nitrogens with one attached hydrogen (secondary N) is 1. The van der Waals surface area contributed by atoms with E-state index in [1.54, 1.807) is 6.08 Å². The molecule has 0 aliphatic rings. The number of anilines is 1. The Bertz CT molecular complexity index is 258. The van der Waals surface area contributed by atoms with E-state index in [1.165, 1.54) is 12.7 Å². The molecule has 0 unspecified atom stereocenters. The fraction of sp³-hybridized carbons (Fsp3) is 0.167. The lowest BCUT2D eigenvalue weighted by Crippen LogP contribution is -2.02. The van der Waals surface area contributed by atoms with E-state index in [1.807, 2.05) is 0 Å². The van der Waals surface area contributed by atoms with Gasteiger partial charge in [0.2, 0.25) is 5.95 Å². The maximum Gasteiger partial charge on any atom is 0.225 e. The minimum Gasteiger partial charge on any atom is -0.351 e. The summed E-state index contributed by atoms with van der Waals surface area (Å²) in [6.07, 6.45) is 4.41. The van der Waals surface area contributed by atoms with Crippen molar-refractivity contribution in [3.63, 3.8) is 0 Å². The predicted molar refractivity (Wildman–Crippen MR) is 48.1 cm³/mol. The quantitative estimate of drug-likeness (QED) is 0.814. The average Bonchev–Trinajstić information content (AvgIpc) is 2.05. The highest BCUT2D eigenvalue weighted by Gasteiger charge is 1.89. The van der Waals surface area contributed by atoms with Crippen molar-refractivity contribution < 1.29 is 0 Å². The third-order valence-electron chi connectivity index (χ3n) is 1.01. The standard InChI is InChI=1S/C6H6Cl2N4/c7-5(8)1-2-10-6-11-3-9-4-12-6/h1,3-4H,2H2,(H,9,10,11,12). The normalized spacial score (nSPS) is 9.17. The van der Waals surface area contributed by atoms with E-state index in [0.717, 1.165) is 0 Å². The highest BCUT2D eigenvalue weighted by Crippen LogP contribution is 2.05. The minimum absolute atomic E-state index is 0.219. The number of rotatable bonds is 3. The highest BCUT2D eigenvalue weighted by molar-refractivity contribution is 6.55. The van der Waals surface area contributed by atoms with Crippen molar-refractivity contribution in [2.45, 2.75) is 0 Å². The van der Waals surface area contributed by atoms with Crippen LogP contribution < -0.4 is 5.32 Å². The van der Waals surface area contributed by atoms with Crippen molar-refractivity contribution in [3.8, 4) is 0 Å². The number of nitrogens with zero attached hydrogens (tertiary/aromatic N) is 3. The second-order valence-electron chi connectivity index (χ2n) is 1.84. The first-order valence-electron chi connectivity index (χ1n) is 3.16. The third-order valence-corrected chi connectivity index (χ3v) is 1.32. The fourth-order valence-electron chi connectivity index (χ4n) is 0.550. The Labute approximate surface area is 79.7 Å². The van der Waals surface area contributed by atoms with Gasteiger partial charge in [-0.1, -0.05) is 23.2 Å². The molecule has 0 amide bonds. The average molecular weight is 205 g/mol. The van der Waals surface area contributed by atoms with Gasteiger partial charge in [-0.15, -0.1) is 0 Å². The summed E-state index contributed by atoms with van der Waals surface area (Å²) in [4.78, 5) is 11.3. The molecular formula is C6H6Cl2N4. The summed E-state index contributed by atoms with van der Waals surface area (Å²) in [6.45, 7) is 0.492. The lowest BCUT2D eigenvalue weighted by Gasteiger charge is -1.97. The largest absolute Gasteiger partial charge is 0.351 e. The Balaban J connectivity index is 2.39. The Morgan fingerprint density at radius 3 is 2.67 bits per heavy atom. The zero-order valence-electron chi connectivity index (χ0n) is 6.04. The number of hydrogen-bond acceptors (Lipinski definition) is 4. The van der Waals surface area contributed by atoms with Gasteiger partial charge in [-0.2, -0.15) is 0 Å². The van der Waals surface area contributed by atoms with E-state index in [9.17, 15) is 0 Å². The summed E-state index contributed by atoms with van der Waals surface area (Å²) >= 11 is 10.8. The van der Waals surface area contributed by atoms with Gasteiger partial charge in [0.15, 0.2) is 0 Å². The highest BCUT2D eigenvalue weighted by atomic mass is 35.5. The van der Waals surface area contributed by atoms with Crippen LogP contribution in [-0.4, -0.2) is 21.5 Å². The number of aromatic nitrogens is 3. The molecule has 4 nitrogen and oxygen atoms in total. The van der Waals surface area contributed by atoms with E-state index in [2.05, 4.69) is 20.3 Å². The molecule has 0 atom stereocenters. The number of hydrogen-bond donors (Lipinski definition) is 1. The molecule has 0 spiro atoms. The molecule has 1 aromatic heterocycles. The van der Waals surface area contributed by atoms with Gasteiger partial charge < -0.3 is 5.32 Å².